The van der Waals surface area contributed by atoms with Crippen LogP contribution in [0.25, 0.3) is 45.4 Å². The van der Waals surface area contributed by atoms with E-state index in [2.05, 4.69) is 15.3 Å². The van der Waals surface area contributed by atoms with E-state index in [1.807, 2.05) is 22.8 Å². The molecule has 1 fully saturated rings. The molecular formula is C25H22N6O5. The van der Waals surface area contributed by atoms with Crippen molar-refractivity contribution in [3.63, 3.8) is 0 Å². The van der Waals surface area contributed by atoms with Gasteiger partial charge in [0.25, 0.3) is 5.56 Å². The first kappa shape index (κ1) is 21.8. The number of benzene rings is 2. The molecule has 0 unspecified atom stereocenters. The van der Waals surface area contributed by atoms with E-state index >= 15 is 0 Å². The van der Waals surface area contributed by atoms with Gasteiger partial charge in [0.15, 0.2) is 22.9 Å². The van der Waals surface area contributed by atoms with Crippen LogP contribution in [0.1, 0.15) is 25.3 Å². The zero-order valence-corrected chi connectivity index (χ0v) is 19.6. The molecule has 1 amide bonds. The maximum Gasteiger partial charge on any atom is 0.411 e. The van der Waals surface area contributed by atoms with E-state index in [0.29, 0.717) is 28.1 Å². The SMILES string of the molecule is COC(=O)Nc1ccc2nc(-c3nc(-c4nc5ccccc5o4)c(O)c(=O)n3C)n(C3CCC3)c2c1. The molecule has 0 atom stereocenters. The highest BCUT2D eigenvalue weighted by Crippen LogP contribution is 2.39. The molecule has 11 nitrogen and oxygen atoms in total. The Morgan fingerprint density at radius 2 is 1.92 bits per heavy atom. The van der Waals surface area contributed by atoms with Gasteiger partial charge in [-0.05, 0) is 49.6 Å². The molecule has 3 heterocycles. The number of rotatable bonds is 4. The monoisotopic (exact) mass is 486 g/mol. The van der Waals surface area contributed by atoms with Crippen LogP contribution >= 0.6 is 0 Å². The summed E-state index contributed by atoms with van der Waals surface area (Å²) in [6, 6.07) is 12.6. The van der Waals surface area contributed by atoms with Crippen molar-refractivity contribution in [1.29, 1.82) is 0 Å². The third-order valence-corrected chi connectivity index (χ3v) is 6.52. The molecule has 0 radical (unpaired) electrons. The number of para-hydroxylation sites is 2. The van der Waals surface area contributed by atoms with Crippen molar-refractivity contribution in [2.24, 2.45) is 7.05 Å². The molecule has 1 aliphatic carbocycles. The van der Waals surface area contributed by atoms with E-state index in [1.54, 1.807) is 24.3 Å². The van der Waals surface area contributed by atoms with Gasteiger partial charge in [-0.15, -0.1) is 0 Å². The zero-order chi connectivity index (χ0) is 25.0. The normalized spacial score (nSPS) is 13.7. The Balaban J connectivity index is 1.56. The Morgan fingerprint density at radius 3 is 2.64 bits per heavy atom. The second-order valence-electron chi connectivity index (χ2n) is 8.69. The number of oxazole rings is 1. The number of anilines is 1. The predicted octanol–water partition coefficient (Wildman–Crippen LogP) is 4.21. The quantitative estimate of drug-likeness (QED) is 0.385. The number of hydrogen-bond donors (Lipinski definition) is 2. The summed E-state index contributed by atoms with van der Waals surface area (Å²) in [5, 5.41) is 13.4. The maximum atomic E-state index is 13.1. The Labute approximate surface area is 204 Å². The molecule has 36 heavy (non-hydrogen) atoms. The molecule has 2 N–H and O–H groups in total. The molecule has 5 aromatic rings. The Bertz CT molecular complexity index is 1680. The third-order valence-electron chi connectivity index (χ3n) is 6.52. The van der Waals surface area contributed by atoms with Crippen molar-refractivity contribution in [1.82, 2.24) is 24.1 Å². The summed E-state index contributed by atoms with van der Waals surface area (Å²) >= 11 is 0. The highest BCUT2D eigenvalue weighted by atomic mass is 16.5. The van der Waals surface area contributed by atoms with Gasteiger partial charge in [0.2, 0.25) is 11.6 Å². The number of methoxy groups -OCH3 is 1. The molecular weight excluding hydrogens is 464 g/mol. The number of nitrogens with zero attached hydrogens (tertiary/aromatic N) is 5. The van der Waals surface area contributed by atoms with Crippen LogP contribution in [0, 0.1) is 0 Å². The second-order valence-corrected chi connectivity index (χ2v) is 8.69. The zero-order valence-electron chi connectivity index (χ0n) is 19.6. The van der Waals surface area contributed by atoms with E-state index in [1.165, 1.54) is 18.7 Å². The lowest BCUT2D eigenvalue weighted by molar-refractivity contribution is 0.187. The van der Waals surface area contributed by atoms with Gasteiger partial charge in [0.05, 0.1) is 18.1 Å². The molecule has 1 saturated carbocycles. The van der Waals surface area contributed by atoms with Crippen molar-refractivity contribution >= 4 is 33.9 Å². The van der Waals surface area contributed by atoms with E-state index in [0.717, 1.165) is 24.8 Å². The largest absolute Gasteiger partial charge is 0.501 e. The van der Waals surface area contributed by atoms with E-state index < -0.39 is 17.4 Å². The Kier molecular flexibility index (Phi) is 4.99. The highest BCUT2D eigenvalue weighted by molar-refractivity contribution is 5.90. The number of ether oxygens (including phenoxy) is 1. The van der Waals surface area contributed by atoms with Gasteiger partial charge in [0, 0.05) is 18.8 Å². The van der Waals surface area contributed by atoms with Crippen LogP contribution in [0.2, 0.25) is 0 Å². The lowest BCUT2D eigenvalue weighted by Crippen LogP contribution is -2.24. The van der Waals surface area contributed by atoms with Crippen LogP contribution in [-0.2, 0) is 11.8 Å². The van der Waals surface area contributed by atoms with Gasteiger partial charge in [-0.3, -0.25) is 14.7 Å². The molecule has 6 rings (SSSR count). The van der Waals surface area contributed by atoms with Gasteiger partial charge < -0.3 is 18.8 Å². The van der Waals surface area contributed by atoms with Gasteiger partial charge in [0.1, 0.15) is 5.52 Å². The molecule has 0 spiro atoms. The Morgan fingerprint density at radius 1 is 1.11 bits per heavy atom. The van der Waals surface area contributed by atoms with Gasteiger partial charge in [-0.1, -0.05) is 12.1 Å². The average molecular weight is 486 g/mol. The van der Waals surface area contributed by atoms with Crippen LogP contribution in [0.3, 0.4) is 0 Å². The van der Waals surface area contributed by atoms with Gasteiger partial charge in [-0.25, -0.2) is 19.7 Å². The van der Waals surface area contributed by atoms with Crippen LogP contribution < -0.4 is 10.9 Å². The number of amides is 1. The number of aromatic nitrogens is 5. The molecule has 3 aromatic heterocycles. The van der Waals surface area contributed by atoms with Crippen LogP contribution in [-0.4, -0.2) is 42.4 Å². The summed E-state index contributed by atoms with van der Waals surface area (Å²) in [5.41, 5.74) is 2.43. The first-order valence-electron chi connectivity index (χ1n) is 11.5. The van der Waals surface area contributed by atoms with E-state index in [9.17, 15) is 14.7 Å². The first-order valence-corrected chi connectivity index (χ1v) is 11.5. The van der Waals surface area contributed by atoms with Crippen molar-refractivity contribution in [3.05, 3.63) is 52.8 Å². The summed E-state index contributed by atoms with van der Waals surface area (Å²) in [6.45, 7) is 0. The molecule has 0 bridgehead atoms. The van der Waals surface area contributed by atoms with Crippen LogP contribution in [0.5, 0.6) is 5.75 Å². The number of hydrogen-bond acceptors (Lipinski definition) is 8. The molecule has 182 valence electrons. The molecule has 11 heteroatoms. The van der Waals surface area contributed by atoms with Crippen molar-refractivity contribution in [3.8, 4) is 29.0 Å². The molecule has 2 aromatic carbocycles. The van der Waals surface area contributed by atoms with E-state index in [-0.39, 0.29) is 23.5 Å². The number of carbonyl (C=O) groups is 1. The average Bonchev–Trinajstić information content (AvgIpc) is 3.43. The summed E-state index contributed by atoms with van der Waals surface area (Å²) < 4.78 is 13.8. The van der Waals surface area contributed by atoms with E-state index in [4.69, 9.17) is 14.1 Å². The number of nitrogens with one attached hydrogen (secondary N) is 1. The fraction of sp³-hybridized carbons (Fsp3) is 0.240. The van der Waals surface area contributed by atoms with Crippen molar-refractivity contribution in [2.75, 3.05) is 12.4 Å². The fourth-order valence-corrected chi connectivity index (χ4v) is 4.42. The van der Waals surface area contributed by atoms with Crippen molar-refractivity contribution < 1.29 is 19.1 Å². The predicted molar refractivity (Wildman–Crippen MR) is 132 cm³/mol. The number of imidazole rings is 1. The highest BCUT2D eigenvalue weighted by Gasteiger charge is 2.29. The third kappa shape index (κ3) is 3.39. The van der Waals surface area contributed by atoms with Gasteiger partial charge >= 0.3 is 6.09 Å². The number of fused-ring (bicyclic) bond motifs is 2. The molecule has 1 aliphatic rings. The summed E-state index contributed by atoms with van der Waals surface area (Å²) in [7, 11) is 2.84. The topological polar surface area (TPSA) is 137 Å². The van der Waals surface area contributed by atoms with Crippen LogP contribution in [0.4, 0.5) is 10.5 Å². The second kappa shape index (κ2) is 8.22. The fourth-order valence-electron chi connectivity index (χ4n) is 4.42. The number of aromatic hydroxyl groups is 1. The standard InChI is InChI=1S/C25H22N6O5/c1-30-21(29-19(20(32)24(30)33)23-28-16-8-3-4-9-18(16)36-23)22-27-15-11-10-13(26-25(34)35-2)12-17(15)31(22)14-6-5-7-14/h3-4,8-12,14,32H,5-7H2,1-2H3,(H,26,34). The summed E-state index contributed by atoms with van der Waals surface area (Å²) in [6.07, 6.45) is 2.38. The molecule has 0 saturated heterocycles. The first-order chi connectivity index (χ1) is 17.4. The van der Waals surface area contributed by atoms with Crippen LogP contribution in [0.15, 0.2) is 51.7 Å². The van der Waals surface area contributed by atoms with Crippen molar-refractivity contribution in [2.45, 2.75) is 25.3 Å². The lowest BCUT2D eigenvalue weighted by atomic mass is 9.92. The maximum absolute atomic E-state index is 13.1. The summed E-state index contributed by atoms with van der Waals surface area (Å²) in [4.78, 5) is 38.6. The van der Waals surface area contributed by atoms with Gasteiger partial charge in [-0.2, -0.15) is 0 Å². The minimum absolute atomic E-state index is 0.0449. The lowest BCUT2D eigenvalue weighted by Gasteiger charge is -2.29. The Hall–Kier alpha value is -4.67. The number of carbonyl (C=O) groups excluding carboxylic acids is 1. The summed E-state index contributed by atoms with van der Waals surface area (Å²) in [5.74, 6) is 0.231. The smallest absolute Gasteiger partial charge is 0.411 e. The molecule has 0 aliphatic heterocycles. The minimum Gasteiger partial charge on any atom is -0.501 e. The minimum atomic E-state index is -0.641.